The Morgan fingerprint density at radius 2 is 1.93 bits per heavy atom. The van der Waals surface area contributed by atoms with Gasteiger partial charge >= 0.3 is 6.09 Å². The van der Waals surface area contributed by atoms with Gasteiger partial charge in [-0.2, -0.15) is 0 Å². The van der Waals surface area contributed by atoms with Gasteiger partial charge in [-0.05, 0) is 70.1 Å². The lowest BCUT2D eigenvalue weighted by molar-refractivity contribution is 0.0556. The summed E-state index contributed by atoms with van der Waals surface area (Å²) in [5.41, 5.74) is 1.78. The molecule has 0 aliphatic carbocycles. The maximum absolute atomic E-state index is 12.9. The maximum atomic E-state index is 12.9. The molecular formula is C24H32N2O3. The second kappa shape index (κ2) is 9.88. The zero-order valence-corrected chi connectivity index (χ0v) is 17.8. The van der Waals surface area contributed by atoms with Crippen molar-refractivity contribution in [3.8, 4) is 0 Å². The fourth-order valence-electron chi connectivity index (χ4n) is 3.63. The second-order valence-corrected chi connectivity index (χ2v) is 8.56. The number of aromatic nitrogens is 1. The van der Waals surface area contributed by atoms with Gasteiger partial charge in [0.25, 0.3) is 0 Å². The summed E-state index contributed by atoms with van der Waals surface area (Å²) in [6.07, 6.45) is 6.21. The molecule has 0 saturated heterocycles. The number of unbranched alkanes of at least 4 members (excludes halogenated alkanes) is 1. The Balaban J connectivity index is 1.53. The summed E-state index contributed by atoms with van der Waals surface area (Å²) in [5, 5.41) is 0. The first-order chi connectivity index (χ1) is 13.9. The minimum absolute atomic E-state index is 0.112. The molecule has 5 heteroatoms. The average molecular weight is 397 g/mol. The van der Waals surface area contributed by atoms with Crippen molar-refractivity contribution in [3.05, 3.63) is 59.8 Å². The molecule has 2 aromatic rings. The Labute approximate surface area is 174 Å². The Morgan fingerprint density at radius 1 is 1.14 bits per heavy atom. The van der Waals surface area contributed by atoms with E-state index in [1.165, 1.54) is 5.56 Å². The van der Waals surface area contributed by atoms with Gasteiger partial charge in [0.1, 0.15) is 11.4 Å². The monoisotopic (exact) mass is 396 g/mol. The van der Waals surface area contributed by atoms with Gasteiger partial charge < -0.3 is 9.47 Å². The number of carbonyl (C=O) groups excluding carboxylic acids is 1. The van der Waals surface area contributed by atoms with Crippen LogP contribution in [-0.4, -0.2) is 29.3 Å². The number of pyridine rings is 1. The zero-order valence-electron chi connectivity index (χ0n) is 17.8. The third kappa shape index (κ3) is 6.29. The summed E-state index contributed by atoms with van der Waals surface area (Å²) in [7, 11) is 0. The molecule has 0 spiro atoms. The molecule has 1 aromatic heterocycles. The van der Waals surface area contributed by atoms with E-state index >= 15 is 0 Å². The van der Waals surface area contributed by atoms with Crippen molar-refractivity contribution in [2.45, 2.75) is 71.1 Å². The SMILES string of the molecule is CC(C)(C)OC(=O)N1c2ncccc2CCC1CCCCOCc1ccccc1. The quantitative estimate of drug-likeness (QED) is 0.578. The molecule has 2 heterocycles. The van der Waals surface area contributed by atoms with Crippen molar-refractivity contribution in [2.75, 3.05) is 11.5 Å². The minimum Gasteiger partial charge on any atom is -0.443 e. The number of rotatable bonds is 7. The van der Waals surface area contributed by atoms with Crippen molar-refractivity contribution in [2.24, 2.45) is 0 Å². The van der Waals surface area contributed by atoms with Crippen molar-refractivity contribution in [1.29, 1.82) is 0 Å². The molecule has 0 bridgehead atoms. The summed E-state index contributed by atoms with van der Waals surface area (Å²) >= 11 is 0. The van der Waals surface area contributed by atoms with E-state index in [2.05, 4.69) is 17.1 Å². The molecule has 0 N–H and O–H groups in total. The highest BCUT2D eigenvalue weighted by molar-refractivity contribution is 5.88. The van der Waals surface area contributed by atoms with Gasteiger partial charge in [-0.1, -0.05) is 36.4 Å². The lowest BCUT2D eigenvalue weighted by Crippen LogP contribution is -2.46. The number of ether oxygens (including phenoxy) is 2. The summed E-state index contributed by atoms with van der Waals surface area (Å²) < 4.78 is 11.5. The van der Waals surface area contributed by atoms with E-state index in [9.17, 15) is 4.79 Å². The van der Waals surface area contributed by atoms with Gasteiger partial charge in [0.2, 0.25) is 0 Å². The number of aryl methyl sites for hydroxylation is 1. The summed E-state index contributed by atoms with van der Waals surface area (Å²) in [4.78, 5) is 19.2. The van der Waals surface area contributed by atoms with Crippen LogP contribution in [-0.2, 0) is 22.5 Å². The van der Waals surface area contributed by atoms with E-state index in [1.54, 1.807) is 11.1 Å². The molecule has 0 radical (unpaired) electrons. The van der Waals surface area contributed by atoms with Crippen molar-refractivity contribution in [3.63, 3.8) is 0 Å². The molecule has 1 aliphatic heterocycles. The molecule has 156 valence electrons. The highest BCUT2D eigenvalue weighted by Gasteiger charge is 2.34. The standard InChI is InChI=1S/C24H32N2O3/c1-24(2,3)29-23(27)26-21(15-14-20-12-9-16-25-22(20)26)13-7-8-17-28-18-19-10-5-4-6-11-19/h4-6,9-12,16,21H,7-8,13-15,17-18H2,1-3H3. The molecule has 1 amide bonds. The van der Waals surface area contributed by atoms with Gasteiger partial charge in [-0.3, -0.25) is 4.90 Å². The number of fused-ring (bicyclic) bond motifs is 1. The van der Waals surface area contributed by atoms with Crippen LogP contribution in [0.1, 0.15) is 57.6 Å². The van der Waals surface area contributed by atoms with Gasteiger partial charge in [0, 0.05) is 18.8 Å². The molecule has 3 rings (SSSR count). The number of carbonyl (C=O) groups is 1. The highest BCUT2D eigenvalue weighted by Crippen LogP contribution is 2.32. The van der Waals surface area contributed by atoms with E-state index in [1.807, 2.05) is 51.1 Å². The Kier molecular flexibility index (Phi) is 7.26. The third-order valence-electron chi connectivity index (χ3n) is 4.99. The Hall–Kier alpha value is -2.40. The van der Waals surface area contributed by atoms with Crippen molar-refractivity contribution in [1.82, 2.24) is 4.98 Å². The molecule has 0 saturated carbocycles. The fraction of sp³-hybridized carbons (Fsp3) is 0.500. The predicted molar refractivity (Wildman–Crippen MR) is 115 cm³/mol. The molecule has 1 aliphatic rings. The van der Waals surface area contributed by atoms with E-state index in [-0.39, 0.29) is 12.1 Å². The highest BCUT2D eigenvalue weighted by atomic mass is 16.6. The first-order valence-electron chi connectivity index (χ1n) is 10.5. The van der Waals surface area contributed by atoms with Crippen LogP contribution in [0.4, 0.5) is 10.6 Å². The number of hydrogen-bond donors (Lipinski definition) is 0. The normalized spacial score (nSPS) is 16.4. The van der Waals surface area contributed by atoms with Crippen LogP contribution in [0.3, 0.4) is 0 Å². The molecule has 0 fully saturated rings. The van der Waals surface area contributed by atoms with Crippen LogP contribution < -0.4 is 4.90 Å². The zero-order chi connectivity index (χ0) is 20.7. The topological polar surface area (TPSA) is 51.7 Å². The minimum atomic E-state index is -0.528. The number of hydrogen-bond acceptors (Lipinski definition) is 4. The number of nitrogens with zero attached hydrogens (tertiary/aromatic N) is 2. The Bertz CT molecular complexity index is 786. The Morgan fingerprint density at radius 3 is 2.69 bits per heavy atom. The maximum Gasteiger partial charge on any atom is 0.416 e. The van der Waals surface area contributed by atoms with Gasteiger partial charge in [-0.25, -0.2) is 9.78 Å². The molecule has 1 atom stereocenters. The third-order valence-corrected chi connectivity index (χ3v) is 4.99. The lowest BCUT2D eigenvalue weighted by atomic mass is 9.95. The van der Waals surface area contributed by atoms with E-state index in [4.69, 9.17) is 9.47 Å². The molecular weight excluding hydrogens is 364 g/mol. The van der Waals surface area contributed by atoms with Gasteiger partial charge in [0.15, 0.2) is 0 Å². The van der Waals surface area contributed by atoms with Crippen LogP contribution in [0.5, 0.6) is 0 Å². The lowest BCUT2D eigenvalue weighted by Gasteiger charge is -2.37. The summed E-state index contributed by atoms with van der Waals surface area (Å²) in [5.74, 6) is 0.748. The smallest absolute Gasteiger partial charge is 0.416 e. The van der Waals surface area contributed by atoms with Crippen LogP contribution in [0.2, 0.25) is 0 Å². The molecule has 1 aromatic carbocycles. The first-order valence-corrected chi connectivity index (χ1v) is 10.5. The average Bonchev–Trinajstić information content (AvgIpc) is 2.69. The first kappa shape index (κ1) is 21.3. The fourth-order valence-corrected chi connectivity index (χ4v) is 3.63. The molecule has 1 unspecified atom stereocenters. The predicted octanol–water partition coefficient (Wildman–Crippen LogP) is 5.53. The van der Waals surface area contributed by atoms with Crippen molar-refractivity contribution < 1.29 is 14.3 Å². The molecule has 29 heavy (non-hydrogen) atoms. The summed E-state index contributed by atoms with van der Waals surface area (Å²) in [6.45, 7) is 7.06. The van der Waals surface area contributed by atoms with Gasteiger partial charge in [-0.15, -0.1) is 0 Å². The van der Waals surface area contributed by atoms with Crippen LogP contribution in [0, 0.1) is 0 Å². The van der Waals surface area contributed by atoms with Crippen LogP contribution in [0.25, 0.3) is 0 Å². The van der Waals surface area contributed by atoms with E-state index in [0.717, 1.165) is 50.1 Å². The van der Waals surface area contributed by atoms with Crippen LogP contribution in [0.15, 0.2) is 48.7 Å². The number of anilines is 1. The second-order valence-electron chi connectivity index (χ2n) is 8.56. The van der Waals surface area contributed by atoms with Gasteiger partial charge in [0.05, 0.1) is 6.61 Å². The van der Waals surface area contributed by atoms with Crippen molar-refractivity contribution >= 4 is 11.9 Å². The van der Waals surface area contributed by atoms with E-state index in [0.29, 0.717) is 6.61 Å². The number of amides is 1. The summed E-state index contributed by atoms with van der Waals surface area (Å²) in [6, 6.07) is 14.3. The molecule has 5 nitrogen and oxygen atoms in total. The number of benzene rings is 1. The largest absolute Gasteiger partial charge is 0.443 e. The van der Waals surface area contributed by atoms with E-state index < -0.39 is 5.60 Å². The van der Waals surface area contributed by atoms with Crippen LogP contribution >= 0.6 is 0 Å².